The molecule has 0 atom stereocenters. The summed E-state index contributed by atoms with van der Waals surface area (Å²) >= 11 is 0. The Hall–Kier alpha value is -3.21. The molecule has 0 spiro atoms. The van der Waals surface area contributed by atoms with Crippen LogP contribution in [0.5, 0.6) is 5.75 Å². The number of ether oxygens (including phenoxy) is 1. The summed E-state index contributed by atoms with van der Waals surface area (Å²) in [5.74, 6) is 0.773. The zero-order valence-corrected chi connectivity index (χ0v) is 13.3. The third-order valence-corrected chi connectivity index (χ3v) is 3.96. The molecule has 0 fully saturated rings. The van der Waals surface area contributed by atoms with E-state index in [-0.39, 0.29) is 0 Å². The topological polar surface area (TPSA) is 52.8 Å². The molecule has 2 aromatic carbocycles. The fraction of sp³-hybridized carbons (Fsp3) is 0.105. The summed E-state index contributed by atoms with van der Waals surface area (Å²) < 4.78 is 7.49. The van der Waals surface area contributed by atoms with Crippen LogP contribution in [-0.2, 0) is 6.54 Å². The van der Waals surface area contributed by atoms with Crippen molar-refractivity contribution in [1.29, 1.82) is 0 Å². The van der Waals surface area contributed by atoms with Crippen molar-refractivity contribution in [3.63, 3.8) is 0 Å². The molecule has 24 heavy (non-hydrogen) atoms. The normalized spacial score (nSPS) is 10.9. The molecule has 0 unspecified atom stereocenters. The van der Waals surface area contributed by atoms with Crippen LogP contribution in [0.3, 0.4) is 0 Å². The lowest BCUT2D eigenvalue weighted by Crippen LogP contribution is -2.00. The number of nitrogens with zero attached hydrogens (tertiary/aromatic N) is 4. The smallest absolute Gasteiger partial charge is 0.164 e. The van der Waals surface area contributed by atoms with Crippen molar-refractivity contribution in [2.75, 3.05) is 7.11 Å². The van der Waals surface area contributed by atoms with Crippen molar-refractivity contribution in [3.05, 3.63) is 72.8 Å². The summed E-state index contributed by atoms with van der Waals surface area (Å²) in [7, 11) is 1.66. The van der Waals surface area contributed by atoms with Gasteiger partial charge in [0.15, 0.2) is 5.65 Å². The van der Waals surface area contributed by atoms with Gasteiger partial charge in [-0.3, -0.25) is 0 Å². The second-order valence-electron chi connectivity index (χ2n) is 5.45. The van der Waals surface area contributed by atoms with Gasteiger partial charge in [0.05, 0.1) is 20.0 Å². The van der Waals surface area contributed by atoms with Gasteiger partial charge < -0.3 is 9.30 Å². The SMILES string of the molecule is COc1ccccc1-c1ncnc2c1ncn2Cc1ccccc1. The quantitative estimate of drug-likeness (QED) is 0.578. The van der Waals surface area contributed by atoms with Crippen molar-refractivity contribution in [2.24, 2.45) is 0 Å². The van der Waals surface area contributed by atoms with E-state index in [2.05, 4.69) is 27.1 Å². The summed E-state index contributed by atoms with van der Waals surface area (Å²) in [4.78, 5) is 13.4. The zero-order valence-electron chi connectivity index (χ0n) is 13.3. The van der Waals surface area contributed by atoms with Crippen LogP contribution in [0.2, 0.25) is 0 Å². The van der Waals surface area contributed by atoms with E-state index in [0.29, 0.717) is 0 Å². The molecule has 4 rings (SSSR count). The number of aromatic nitrogens is 4. The highest BCUT2D eigenvalue weighted by Gasteiger charge is 2.14. The molecule has 0 aliphatic heterocycles. The molecule has 2 aromatic heterocycles. The minimum Gasteiger partial charge on any atom is -0.496 e. The lowest BCUT2D eigenvalue weighted by molar-refractivity contribution is 0.416. The highest BCUT2D eigenvalue weighted by atomic mass is 16.5. The first-order valence-electron chi connectivity index (χ1n) is 7.70. The second-order valence-corrected chi connectivity index (χ2v) is 5.45. The van der Waals surface area contributed by atoms with E-state index in [0.717, 1.165) is 34.7 Å². The summed E-state index contributed by atoms with van der Waals surface area (Å²) in [6.07, 6.45) is 3.39. The molecule has 0 amide bonds. The van der Waals surface area contributed by atoms with Gasteiger partial charge in [0.2, 0.25) is 0 Å². The monoisotopic (exact) mass is 316 g/mol. The van der Waals surface area contributed by atoms with Crippen molar-refractivity contribution in [1.82, 2.24) is 19.5 Å². The standard InChI is InChI=1S/C19H16N4O/c1-24-16-10-6-5-9-15(16)17-18-19(21-12-20-17)23(13-22-18)11-14-7-3-2-4-8-14/h2-10,12-13H,11H2,1H3. The number of rotatable bonds is 4. The highest BCUT2D eigenvalue weighted by Crippen LogP contribution is 2.31. The Morgan fingerprint density at radius 3 is 2.54 bits per heavy atom. The van der Waals surface area contributed by atoms with Crippen LogP contribution in [0.1, 0.15) is 5.56 Å². The fourth-order valence-corrected chi connectivity index (χ4v) is 2.81. The largest absolute Gasteiger partial charge is 0.496 e. The summed E-state index contributed by atoms with van der Waals surface area (Å²) in [5, 5.41) is 0. The third-order valence-electron chi connectivity index (χ3n) is 3.96. The number of methoxy groups -OCH3 is 1. The Balaban J connectivity index is 1.82. The molecule has 118 valence electrons. The number of para-hydroxylation sites is 1. The molecule has 0 saturated heterocycles. The molecular formula is C19H16N4O. The first-order valence-corrected chi connectivity index (χ1v) is 7.70. The lowest BCUT2D eigenvalue weighted by atomic mass is 10.1. The van der Waals surface area contributed by atoms with Gasteiger partial charge in [-0.2, -0.15) is 0 Å². The van der Waals surface area contributed by atoms with Crippen LogP contribution >= 0.6 is 0 Å². The third kappa shape index (κ3) is 2.50. The Bertz CT molecular complexity index is 979. The lowest BCUT2D eigenvalue weighted by Gasteiger charge is -2.08. The molecular weight excluding hydrogens is 300 g/mol. The maximum absolute atomic E-state index is 5.46. The number of hydrogen-bond acceptors (Lipinski definition) is 4. The zero-order chi connectivity index (χ0) is 16.4. The molecule has 2 heterocycles. The fourth-order valence-electron chi connectivity index (χ4n) is 2.81. The van der Waals surface area contributed by atoms with Crippen LogP contribution in [0, 0.1) is 0 Å². The van der Waals surface area contributed by atoms with Crippen LogP contribution in [0.4, 0.5) is 0 Å². The molecule has 0 bridgehead atoms. The van der Waals surface area contributed by atoms with Crippen LogP contribution in [0.25, 0.3) is 22.4 Å². The average Bonchev–Trinajstić information content (AvgIpc) is 3.05. The van der Waals surface area contributed by atoms with Crippen LogP contribution in [-0.4, -0.2) is 26.6 Å². The summed E-state index contributed by atoms with van der Waals surface area (Å²) in [6, 6.07) is 18.1. The van der Waals surface area contributed by atoms with Gasteiger partial charge in [-0.25, -0.2) is 15.0 Å². The van der Waals surface area contributed by atoms with Crippen molar-refractivity contribution < 1.29 is 4.74 Å². The van der Waals surface area contributed by atoms with Gasteiger partial charge >= 0.3 is 0 Å². The summed E-state index contributed by atoms with van der Waals surface area (Å²) in [5.41, 5.74) is 4.49. The molecule has 5 nitrogen and oxygen atoms in total. The van der Waals surface area contributed by atoms with E-state index in [1.54, 1.807) is 13.4 Å². The van der Waals surface area contributed by atoms with Gasteiger partial charge in [0.1, 0.15) is 23.3 Å². The number of benzene rings is 2. The molecule has 4 aromatic rings. The van der Waals surface area contributed by atoms with Crippen LogP contribution in [0.15, 0.2) is 67.3 Å². The predicted molar refractivity (Wildman–Crippen MR) is 92.9 cm³/mol. The van der Waals surface area contributed by atoms with Gasteiger partial charge in [-0.1, -0.05) is 42.5 Å². The van der Waals surface area contributed by atoms with E-state index in [1.165, 1.54) is 5.56 Å². The van der Waals surface area contributed by atoms with E-state index in [4.69, 9.17) is 4.74 Å². The Morgan fingerprint density at radius 2 is 1.71 bits per heavy atom. The Kier molecular flexibility index (Phi) is 3.67. The maximum Gasteiger partial charge on any atom is 0.164 e. The maximum atomic E-state index is 5.46. The van der Waals surface area contributed by atoms with Crippen LogP contribution < -0.4 is 4.74 Å². The van der Waals surface area contributed by atoms with Gasteiger partial charge in [0.25, 0.3) is 0 Å². The minimum absolute atomic E-state index is 0.722. The van der Waals surface area contributed by atoms with E-state index in [9.17, 15) is 0 Å². The Morgan fingerprint density at radius 1 is 0.917 bits per heavy atom. The molecule has 0 radical (unpaired) electrons. The minimum atomic E-state index is 0.722. The first kappa shape index (κ1) is 14.4. The molecule has 5 heteroatoms. The molecule has 0 aliphatic carbocycles. The predicted octanol–water partition coefficient (Wildman–Crippen LogP) is 3.55. The first-order chi connectivity index (χ1) is 11.9. The Labute approximate surface area is 139 Å². The summed E-state index contributed by atoms with van der Waals surface area (Å²) in [6.45, 7) is 0.722. The van der Waals surface area contributed by atoms with E-state index in [1.807, 2.05) is 53.4 Å². The average molecular weight is 316 g/mol. The van der Waals surface area contributed by atoms with Crippen molar-refractivity contribution in [3.8, 4) is 17.0 Å². The van der Waals surface area contributed by atoms with Crippen molar-refractivity contribution >= 4 is 11.2 Å². The van der Waals surface area contributed by atoms with E-state index >= 15 is 0 Å². The number of imidazole rings is 1. The number of hydrogen-bond donors (Lipinski definition) is 0. The molecule has 0 aliphatic rings. The van der Waals surface area contributed by atoms with Gasteiger partial charge in [-0.15, -0.1) is 0 Å². The second kappa shape index (κ2) is 6.12. The van der Waals surface area contributed by atoms with E-state index < -0.39 is 0 Å². The molecule has 0 N–H and O–H groups in total. The van der Waals surface area contributed by atoms with Crippen molar-refractivity contribution in [2.45, 2.75) is 6.54 Å². The van der Waals surface area contributed by atoms with Gasteiger partial charge in [0, 0.05) is 5.56 Å². The molecule has 0 saturated carbocycles. The number of fused-ring (bicyclic) bond motifs is 1. The highest BCUT2D eigenvalue weighted by molar-refractivity contribution is 5.89. The van der Waals surface area contributed by atoms with Gasteiger partial charge in [-0.05, 0) is 17.7 Å².